The van der Waals surface area contributed by atoms with E-state index in [2.05, 4.69) is 0 Å². The van der Waals surface area contributed by atoms with E-state index in [0.29, 0.717) is 12.0 Å². The van der Waals surface area contributed by atoms with Crippen LogP contribution in [0.2, 0.25) is 0 Å². The highest BCUT2D eigenvalue weighted by atomic mass is 16.4. The molecule has 0 spiro atoms. The second-order valence-electron chi connectivity index (χ2n) is 3.24. The molecule has 0 fully saturated rings. The van der Waals surface area contributed by atoms with Crippen LogP contribution in [-0.4, -0.2) is 11.1 Å². The minimum absolute atomic E-state index is 0.440. The average Bonchev–Trinajstić information content (AvgIpc) is 2.14. The summed E-state index contributed by atoms with van der Waals surface area (Å²) < 4.78 is 0. The molecule has 1 rings (SSSR count). The first-order chi connectivity index (χ1) is 6.63. The van der Waals surface area contributed by atoms with Gasteiger partial charge in [-0.1, -0.05) is 36.8 Å². The summed E-state index contributed by atoms with van der Waals surface area (Å²) in [6, 6.07) is 7.80. The lowest BCUT2D eigenvalue weighted by atomic mass is 10.1. The standard InChI is InChI=1S/C12H14O2/c1-3-11(12(13)14)8-10-6-4-5-9(2)7-10/h4-8H,3H2,1-2H3,(H,13,14). The number of carbonyl (C=O) groups is 1. The van der Waals surface area contributed by atoms with Crippen molar-refractivity contribution in [2.24, 2.45) is 0 Å². The zero-order chi connectivity index (χ0) is 10.6. The summed E-state index contributed by atoms with van der Waals surface area (Å²) in [5.41, 5.74) is 2.53. The number of aryl methyl sites for hydroxylation is 1. The van der Waals surface area contributed by atoms with E-state index in [0.717, 1.165) is 11.1 Å². The van der Waals surface area contributed by atoms with Crippen molar-refractivity contribution in [1.29, 1.82) is 0 Å². The van der Waals surface area contributed by atoms with Crippen molar-refractivity contribution in [2.45, 2.75) is 20.3 Å². The lowest BCUT2D eigenvalue weighted by molar-refractivity contribution is -0.132. The van der Waals surface area contributed by atoms with Crippen molar-refractivity contribution < 1.29 is 9.90 Å². The van der Waals surface area contributed by atoms with Gasteiger partial charge in [-0.3, -0.25) is 0 Å². The monoisotopic (exact) mass is 190 g/mol. The van der Waals surface area contributed by atoms with Gasteiger partial charge in [0.2, 0.25) is 0 Å². The van der Waals surface area contributed by atoms with Crippen LogP contribution in [0, 0.1) is 6.92 Å². The Hall–Kier alpha value is -1.57. The van der Waals surface area contributed by atoms with E-state index in [9.17, 15) is 4.79 Å². The minimum Gasteiger partial charge on any atom is -0.478 e. The number of carboxylic acid groups (broad SMARTS) is 1. The summed E-state index contributed by atoms with van der Waals surface area (Å²) in [6.07, 6.45) is 2.26. The van der Waals surface area contributed by atoms with Gasteiger partial charge in [-0.15, -0.1) is 0 Å². The fourth-order valence-corrected chi connectivity index (χ4v) is 1.28. The predicted molar refractivity (Wildman–Crippen MR) is 57.1 cm³/mol. The molecule has 0 aromatic heterocycles. The molecule has 0 unspecified atom stereocenters. The number of hydrogen-bond acceptors (Lipinski definition) is 1. The molecule has 0 saturated heterocycles. The fraction of sp³-hybridized carbons (Fsp3) is 0.250. The van der Waals surface area contributed by atoms with Crippen molar-refractivity contribution in [1.82, 2.24) is 0 Å². The third kappa shape index (κ3) is 2.73. The Morgan fingerprint density at radius 1 is 1.50 bits per heavy atom. The number of aliphatic carboxylic acids is 1. The summed E-state index contributed by atoms with van der Waals surface area (Å²) in [5, 5.41) is 8.84. The van der Waals surface area contributed by atoms with E-state index in [-0.39, 0.29) is 0 Å². The van der Waals surface area contributed by atoms with Crippen LogP contribution in [0.5, 0.6) is 0 Å². The average molecular weight is 190 g/mol. The maximum absolute atomic E-state index is 10.8. The highest BCUT2D eigenvalue weighted by Gasteiger charge is 2.03. The fourth-order valence-electron chi connectivity index (χ4n) is 1.28. The third-order valence-corrected chi connectivity index (χ3v) is 2.04. The van der Waals surface area contributed by atoms with Crippen LogP contribution in [0.4, 0.5) is 0 Å². The molecule has 0 atom stereocenters. The summed E-state index contributed by atoms with van der Waals surface area (Å²) >= 11 is 0. The Balaban J connectivity index is 3.00. The van der Waals surface area contributed by atoms with Crippen LogP contribution < -0.4 is 0 Å². The molecule has 14 heavy (non-hydrogen) atoms. The van der Waals surface area contributed by atoms with Crippen LogP contribution in [0.1, 0.15) is 24.5 Å². The molecule has 2 nitrogen and oxygen atoms in total. The van der Waals surface area contributed by atoms with E-state index in [1.165, 1.54) is 0 Å². The number of rotatable bonds is 3. The first-order valence-corrected chi connectivity index (χ1v) is 4.64. The van der Waals surface area contributed by atoms with Gasteiger partial charge >= 0.3 is 5.97 Å². The molecule has 0 aliphatic carbocycles. The summed E-state index contributed by atoms with van der Waals surface area (Å²) in [6.45, 7) is 3.83. The van der Waals surface area contributed by atoms with Gasteiger partial charge < -0.3 is 5.11 Å². The predicted octanol–water partition coefficient (Wildman–Crippen LogP) is 2.87. The molecule has 0 bridgehead atoms. The molecule has 1 aromatic rings. The van der Waals surface area contributed by atoms with Crippen molar-refractivity contribution in [3.63, 3.8) is 0 Å². The van der Waals surface area contributed by atoms with E-state index < -0.39 is 5.97 Å². The molecule has 0 aliphatic heterocycles. The Kier molecular flexibility index (Phi) is 3.46. The van der Waals surface area contributed by atoms with Gasteiger partial charge in [-0.05, 0) is 25.0 Å². The first kappa shape index (κ1) is 10.5. The van der Waals surface area contributed by atoms with Crippen molar-refractivity contribution in [3.8, 4) is 0 Å². The molecule has 1 N–H and O–H groups in total. The van der Waals surface area contributed by atoms with E-state index in [1.54, 1.807) is 6.08 Å². The summed E-state index contributed by atoms with van der Waals surface area (Å²) in [7, 11) is 0. The van der Waals surface area contributed by atoms with Gasteiger partial charge in [0.1, 0.15) is 0 Å². The number of carboxylic acids is 1. The Labute approximate surface area is 83.9 Å². The van der Waals surface area contributed by atoms with Gasteiger partial charge in [0, 0.05) is 5.57 Å². The topological polar surface area (TPSA) is 37.3 Å². The Morgan fingerprint density at radius 3 is 2.71 bits per heavy atom. The highest BCUT2D eigenvalue weighted by molar-refractivity contribution is 5.92. The Morgan fingerprint density at radius 2 is 2.21 bits per heavy atom. The van der Waals surface area contributed by atoms with Gasteiger partial charge in [0.25, 0.3) is 0 Å². The maximum atomic E-state index is 10.8. The first-order valence-electron chi connectivity index (χ1n) is 4.64. The molecule has 2 heteroatoms. The van der Waals surface area contributed by atoms with Gasteiger partial charge in [-0.25, -0.2) is 4.79 Å². The van der Waals surface area contributed by atoms with E-state index in [4.69, 9.17) is 5.11 Å². The molecule has 0 heterocycles. The molecule has 0 saturated carbocycles. The minimum atomic E-state index is -0.839. The zero-order valence-electron chi connectivity index (χ0n) is 8.45. The van der Waals surface area contributed by atoms with E-state index >= 15 is 0 Å². The van der Waals surface area contributed by atoms with Gasteiger partial charge in [0.05, 0.1) is 0 Å². The number of hydrogen-bond donors (Lipinski definition) is 1. The van der Waals surface area contributed by atoms with Crippen molar-refractivity contribution in [2.75, 3.05) is 0 Å². The third-order valence-electron chi connectivity index (χ3n) is 2.04. The van der Waals surface area contributed by atoms with Crippen LogP contribution in [-0.2, 0) is 4.79 Å². The molecule has 0 aliphatic rings. The van der Waals surface area contributed by atoms with Crippen LogP contribution >= 0.6 is 0 Å². The molecular weight excluding hydrogens is 176 g/mol. The van der Waals surface area contributed by atoms with Crippen LogP contribution in [0.25, 0.3) is 6.08 Å². The quantitative estimate of drug-likeness (QED) is 0.744. The summed E-state index contributed by atoms with van der Waals surface area (Å²) in [4.78, 5) is 10.8. The molecule has 1 aromatic carbocycles. The largest absolute Gasteiger partial charge is 0.478 e. The Bertz CT molecular complexity index is 364. The lowest BCUT2D eigenvalue weighted by Gasteiger charge is -1.99. The maximum Gasteiger partial charge on any atom is 0.331 e. The van der Waals surface area contributed by atoms with Crippen molar-refractivity contribution >= 4 is 12.0 Å². The molecule has 0 amide bonds. The SMILES string of the molecule is CCC(=Cc1cccc(C)c1)C(=O)O. The highest BCUT2D eigenvalue weighted by Crippen LogP contribution is 2.11. The van der Waals surface area contributed by atoms with Crippen LogP contribution in [0.3, 0.4) is 0 Å². The molecule has 74 valence electrons. The summed E-state index contributed by atoms with van der Waals surface area (Å²) in [5.74, 6) is -0.839. The smallest absolute Gasteiger partial charge is 0.331 e. The van der Waals surface area contributed by atoms with Gasteiger partial charge in [-0.2, -0.15) is 0 Å². The zero-order valence-corrected chi connectivity index (χ0v) is 8.45. The second-order valence-corrected chi connectivity index (χ2v) is 3.24. The molecule has 0 radical (unpaired) electrons. The van der Waals surface area contributed by atoms with E-state index in [1.807, 2.05) is 38.1 Å². The van der Waals surface area contributed by atoms with Crippen molar-refractivity contribution in [3.05, 3.63) is 41.0 Å². The second kappa shape index (κ2) is 4.61. The molecular formula is C12H14O2. The lowest BCUT2D eigenvalue weighted by Crippen LogP contribution is -1.98. The number of benzene rings is 1. The normalized spacial score (nSPS) is 11.4. The van der Waals surface area contributed by atoms with Crippen LogP contribution in [0.15, 0.2) is 29.8 Å². The van der Waals surface area contributed by atoms with Gasteiger partial charge in [0.15, 0.2) is 0 Å².